The summed E-state index contributed by atoms with van der Waals surface area (Å²) in [5.41, 5.74) is 2.90. The van der Waals surface area contributed by atoms with Crippen LogP contribution in [-0.2, 0) is 9.59 Å². The van der Waals surface area contributed by atoms with Crippen molar-refractivity contribution in [3.63, 3.8) is 0 Å². The number of hydrogen-bond acceptors (Lipinski definition) is 6. The maximum Gasteiger partial charge on any atom is 0.300 e. The first-order valence-corrected chi connectivity index (χ1v) is 10.9. The second kappa shape index (κ2) is 9.19. The molecule has 1 atom stereocenters. The van der Waals surface area contributed by atoms with Crippen molar-refractivity contribution in [3.8, 4) is 11.5 Å². The minimum atomic E-state index is -0.950. The molecule has 2 heterocycles. The number of carbonyl (C=O) groups is 2. The highest BCUT2D eigenvalue weighted by atomic mass is 35.5. The molecule has 1 amide bonds. The fourth-order valence-electron chi connectivity index (χ4n) is 4.20. The van der Waals surface area contributed by atoms with Crippen molar-refractivity contribution in [2.45, 2.75) is 19.9 Å². The Morgan fingerprint density at radius 3 is 2.26 bits per heavy atom. The lowest BCUT2D eigenvalue weighted by Gasteiger charge is -2.25. The second-order valence-electron chi connectivity index (χ2n) is 7.96. The van der Waals surface area contributed by atoms with Crippen molar-refractivity contribution in [1.82, 2.24) is 4.98 Å². The number of aliphatic hydroxyl groups is 1. The van der Waals surface area contributed by atoms with Crippen molar-refractivity contribution in [2.24, 2.45) is 0 Å². The number of carbonyl (C=O) groups excluding carboxylic acids is 2. The number of anilines is 1. The zero-order valence-corrected chi connectivity index (χ0v) is 19.9. The number of nitrogens with zero attached hydrogens (tertiary/aromatic N) is 2. The first-order chi connectivity index (χ1) is 16.3. The average Bonchev–Trinajstić information content (AvgIpc) is 3.08. The van der Waals surface area contributed by atoms with E-state index in [0.29, 0.717) is 11.4 Å². The van der Waals surface area contributed by atoms with Crippen LogP contribution in [0.25, 0.3) is 5.76 Å². The highest BCUT2D eigenvalue weighted by Gasteiger charge is 2.48. The lowest BCUT2D eigenvalue weighted by atomic mass is 9.97. The van der Waals surface area contributed by atoms with Crippen LogP contribution in [0.5, 0.6) is 11.5 Å². The third-order valence-electron chi connectivity index (χ3n) is 5.63. The molecule has 1 aliphatic rings. The molecule has 0 radical (unpaired) electrons. The Labute approximate surface area is 202 Å². The van der Waals surface area contributed by atoms with Crippen molar-refractivity contribution in [2.75, 3.05) is 19.1 Å². The van der Waals surface area contributed by atoms with Gasteiger partial charge >= 0.3 is 0 Å². The van der Waals surface area contributed by atoms with Crippen molar-refractivity contribution >= 4 is 34.7 Å². The SMILES string of the molecule is COc1cc(/C(O)=C2\C(=O)C(=O)N(c3cc(C)cc(C)c3)C2c2ccccn2)c(OC)cc1Cl. The second-order valence-corrected chi connectivity index (χ2v) is 8.36. The molecule has 0 aliphatic carbocycles. The fourth-order valence-corrected chi connectivity index (χ4v) is 4.43. The first-order valence-electron chi connectivity index (χ1n) is 10.5. The summed E-state index contributed by atoms with van der Waals surface area (Å²) in [6, 6.07) is 12.8. The van der Waals surface area contributed by atoms with Crippen LogP contribution in [0.4, 0.5) is 5.69 Å². The maximum absolute atomic E-state index is 13.3. The number of methoxy groups -OCH3 is 2. The summed E-state index contributed by atoms with van der Waals surface area (Å²) in [5, 5.41) is 11.7. The standard InChI is InChI=1S/C26H23ClN2O5/c1-14-9-15(2)11-16(10-14)29-23(19-7-5-6-8-28-19)22(25(31)26(29)32)24(30)17-12-21(34-4)18(27)13-20(17)33-3/h5-13,23,30H,1-4H3/b24-22+. The van der Waals surface area contributed by atoms with Gasteiger partial charge in [0, 0.05) is 18.0 Å². The number of ketones is 1. The number of ether oxygens (including phenoxy) is 2. The number of pyridine rings is 1. The van der Waals surface area contributed by atoms with E-state index in [1.165, 1.54) is 31.3 Å². The van der Waals surface area contributed by atoms with Gasteiger partial charge in [-0.25, -0.2) is 0 Å². The molecule has 0 bridgehead atoms. The number of amides is 1. The Hall–Kier alpha value is -3.84. The molecule has 1 N–H and O–H groups in total. The third kappa shape index (κ3) is 3.99. The Bertz CT molecular complexity index is 1300. The van der Waals surface area contributed by atoms with Crippen molar-refractivity contribution < 1.29 is 24.2 Å². The first kappa shape index (κ1) is 23.3. The summed E-state index contributed by atoms with van der Waals surface area (Å²) in [6.45, 7) is 3.82. The Balaban J connectivity index is 2.01. The van der Waals surface area contributed by atoms with Gasteiger partial charge in [0.2, 0.25) is 0 Å². The molecule has 174 valence electrons. The fraction of sp³-hybridized carbons (Fsp3) is 0.192. The van der Waals surface area contributed by atoms with E-state index < -0.39 is 23.5 Å². The number of hydrogen-bond donors (Lipinski definition) is 1. The normalized spacial score (nSPS) is 17.2. The maximum atomic E-state index is 13.3. The van der Waals surface area contributed by atoms with E-state index in [9.17, 15) is 14.7 Å². The molecule has 1 aromatic heterocycles. The van der Waals surface area contributed by atoms with Crippen LogP contribution in [0.1, 0.15) is 28.4 Å². The molecule has 1 aliphatic heterocycles. The van der Waals surface area contributed by atoms with E-state index >= 15 is 0 Å². The van der Waals surface area contributed by atoms with Gasteiger partial charge in [0.1, 0.15) is 23.3 Å². The molecule has 0 spiro atoms. The minimum absolute atomic E-state index is 0.106. The van der Waals surface area contributed by atoms with Gasteiger partial charge in [-0.3, -0.25) is 19.5 Å². The van der Waals surface area contributed by atoms with Gasteiger partial charge in [-0.15, -0.1) is 0 Å². The Kier molecular flexibility index (Phi) is 6.30. The summed E-state index contributed by atoms with van der Waals surface area (Å²) in [7, 11) is 2.85. The summed E-state index contributed by atoms with van der Waals surface area (Å²) in [4.78, 5) is 32.4. The number of aryl methyl sites for hydroxylation is 2. The number of benzene rings is 2. The van der Waals surface area contributed by atoms with Gasteiger partial charge in [-0.1, -0.05) is 23.7 Å². The van der Waals surface area contributed by atoms with Crippen LogP contribution in [0.3, 0.4) is 0 Å². The van der Waals surface area contributed by atoms with E-state index in [0.717, 1.165) is 11.1 Å². The molecule has 1 saturated heterocycles. The van der Waals surface area contributed by atoms with Crippen LogP contribution in [-0.4, -0.2) is 36.0 Å². The number of aliphatic hydroxyl groups excluding tert-OH is 1. The lowest BCUT2D eigenvalue weighted by molar-refractivity contribution is -0.132. The van der Waals surface area contributed by atoms with E-state index in [-0.39, 0.29) is 27.7 Å². The van der Waals surface area contributed by atoms with Gasteiger partial charge in [0.25, 0.3) is 11.7 Å². The monoisotopic (exact) mass is 478 g/mol. The van der Waals surface area contributed by atoms with Crippen LogP contribution < -0.4 is 14.4 Å². The zero-order chi connectivity index (χ0) is 24.6. The van der Waals surface area contributed by atoms with Gasteiger partial charge in [-0.05, 0) is 55.3 Å². The molecule has 4 rings (SSSR count). The molecule has 1 fully saturated rings. The van der Waals surface area contributed by atoms with Gasteiger partial charge in [0.15, 0.2) is 0 Å². The van der Waals surface area contributed by atoms with Crippen LogP contribution >= 0.6 is 11.6 Å². The number of Topliss-reactive ketones (excluding diaryl/α,β-unsaturated/α-hetero) is 1. The zero-order valence-electron chi connectivity index (χ0n) is 19.1. The molecule has 2 aromatic carbocycles. The molecule has 1 unspecified atom stereocenters. The summed E-state index contributed by atoms with van der Waals surface area (Å²) >= 11 is 6.21. The number of aromatic nitrogens is 1. The molecule has 3 aromatic rings. The van der Waals surface area contributed by atoms with Crippen LogP contribution in [0, 0.1) is 13.8 Å². The lowest BCUT2D eigenvalue weighted by Crippen LogP contribution is -2.30. The number of halogens is 1. The predicted octanol–water partition coefficient (Wildman–Crippen LogP) is 5.00. The highest BCUT2D eigenvalue weighted by Crippen LogP contribution is 2.44. The molecule has 7 nitrogen and oxygen atoms in total. The smallest absolute Gasteiger partial charge is 0.300 e. The summed E-state index contributed by atoms with van der Waals surface area (Å²) < 4.78 is 10.7. The highest BCUT2D eigenvalue weighted by molar-refractivity contribution is 6.51. The summed E-state index contributed by atoms with van der Waals surface area (Å²) in [5.74, 6) is -1.50. The topological polar surface area (TPSA) is 89.0 Å². The molecular formula is C26H23ClN2O5. The van der Waals surface area contributed by atoms with E-state index in [4.69, 9.17) is 21.1 Å². The van der Waals surface area contributed by atoms with Gasteiger partial charge < -0.3 is 14.6 Å². The van der Waals surface area contributed by atoms with Crippen molar-refractivity contribution in [1.29, 1.82) is 0 Å². The van der Waals surface area contributed by atoms with Crippen LogP contribution in [0.2, 0.25) is 5.02 Å². The van der Waals surface area contributed by atoms with Crippen LogP contribution in [0.15, 0.2) is 60.3 Å². The van der Waals surface area contributed by atoms with E-state index in [1.807, 2.05) is 32.0 Å². The van der Waals surface area contributed by atoms with Gasteiger partial charge in [0.05, 0.1) is 36.1 Å². The van der Waals surface area contributed by atoms with Gasteiger partial charge in [-0.2, -0.15) is 0 Å². The Morgan fingerprint density at radius 1 is 1.00 bits per heavy atom. The number of rotatable bonds is 5. The molecular weight excluding hydrogens is 456 g/mol. The average molecular weight is 479 g/mol. The van der Waals surface area contributed by atoms with E-state index in [2.05, 4.69) is 4.98 Å². The Morgan fingerprint density at radius 2 is 1.68 bits per heavy atom. The quantitative estimate of drug-likeness (QED) is 0.315. The largest absolute Gasteiger partial charge is 0.507 e. The predicted molar refractivity (Wildman–Crippen MR) is 129 cm³/mol. The molecule has 0 saturated carbocycles. The molecule has 34 heavy (non-hydrogen) atoms. The molecule has 8 heteroatoms. The van der Waals surface area contributed by atoms with E-state index in [1.54, 1.807) is 24.4 Å². The van der Waals surface area contributed by atoms with Crippen molar-refractivity contribution in [3.05, 3.63) is 87.7 Å². The third-order valence-corrected chi connectivity index (χ3v) is 5.92. The minimum Gasteiger partial charge on any atom is -0.507 e. The summed E-state index contributed by atoms with van der Waals surface area (Å²) in [6.07, 6.45) is 1.57.